The van der Waals surface area contributed by atoms with Crippen molar-refractivity contribution in [3.05, 3.63) is 0 Å². The second kappa shape index (κ2) is 4.64. The first-order chi connectivity index (χ1) is 6.61. The Morgan fingerprint density at radius 3 is 2.43 bits per heavy atom. The fourth-order valence-electron chi connectivity index (χ4n) is 1.78. The van der Waals surface area contributed by atoms with E-state index in [1.54, 1.807) is 4.90 Å². The monoisotopic (exact) mass is 201 g/mol. The summed E-state index contributed by atoms with van der Waals surface area (Å²) in [5, 5.41) is 0. The summed E-state index contributed by atoms with van der Waals surface area (Å²) < 4.78 is 10.3. The van der Waals surface area contributed by atoms with Gasteiger partial charge in [0.25, 0.3) is 0 Å². The van der Waals surface area contributed by atoms with E-state index >= 15 is 0 Å². The summed E-state index contributed by atoms with van der Waals surface area (Å²) >= 11 is 0. The Hall–Kier alpha value is -0.770. The molecule has 82 valence electrons. The molecule has 4 heteroatoms. The number of rotatable bonds is 2. The van der Waals surface area contributed by atoms with Crippen molar-refractivity contribution in [1.82, 2.24) is 4.90 Å². The highest BCUT2D eigenvalue weighted by Gasteiger charge is 2.32. The van der Waals surface area contributed by atoms with E-state index in [-0.39, 0.29) is 11.7 Å². The molecule has 0 aromatic rings. The predicted molar refractivity (Wildman–Crippen MR) is 53.2 cm³/mol. The van der Waals surface area contributed by atoms with Crippen LogP contribution >= 0.6 is 0 Å². The average molecular weight is 201 g/mol. The molecule has 4 nitrogen and oxygen atoms in total. The summed E-state index contributed by atoms with van der Waals surface area (Å²) in [5.41, 5.74) is -0.0563. The maximum Gasteiger partial charge on any atom is 0.409 e. The predicted octanol–water partition coefficient (Wildman–Crippen LogP) is 1.64. The van der Waals surface area contributed by atoms with Crippen LogP contribution in [0.3, 0.4) is 0 Å². The Bertz CT molecular complexity index is 198. The van der Waals surface area contributed by atoms with Crippen LogP contribution in [0.1, 0.15) is 26.7 Å². The molecule has 1 saturated heterocycles. The number of nitrogens with zero attached hydrogens (tertiary/aromatic N) is 1. The van der Waals surface area contributed by atoms with Crippen molar-refractivity contribution in [2.24, 2.45) is 0 Å². The number of carbonyl (C=O) groups is 1. The Morgan fingerprint density at radius 1 is 1.43 bits per heavy atom. The van der Waals surface area contributed by atoms with E-state index in [1.165, 1.54) is 7.11 Å². The van der Waals surface area contributed by atoms with Crippen LogP contribution in [0.15, 0.2) is 0 Å². The maximum absolute atomic E-state index is 11.2. The van der Waals surface area contributed by atoms with Crippen molar-refractivity contribution in [2.45, 2.75) is 32.3 Å². The second-order valence-corrected chi connectivity index (χ2v) is 3.84. The minimum atomic E-state index is -0.233. The normalized spacial score (nSPS) is 20.6. The van der Waals surface area contributed by atoms with Gasteiger partial charge in [-0.25, -0.2) is 4.79 Å². The first kappa shape index (κ1) is 11.3. The fraction of sp³-hybridized carbons (Fsp3) is 0.900. The van der Waals surface area contributed by atoms with Crippen LogP contribution in [0.4, 0.5) is 4.79 Å². The van der Waals surface area contributed by atoms with E-state index in [0.29, 0.717) is 0 Å². The van der Waals surface area contributed by atoms with Gasteiger partial charge in [0.05, 0.1) is 12.7 Å². The van der Waals surface area contributed by atoms with Gasteiger partial charge < -0.3 is 14.4 Å². The minimum absolute atomic E-state index is 0.0563. The van der Waals surface area contributed by atoms with Crippen LogP contribution in [-0.2, 0) is 9.47 Å². The van der Waals surface area contributed by atoms with Gasteiger partial charge >= 0.3 is 6.09 Å². The van der Waals surface area contributed by atoms with E-state index in [4.69, 9.17) is 4.74 Å². The fourth-order valence-corrected chi connectivity index (χ4v) is 1.78. The molecular formula is C10H19NO3. The lowest BCUT2D eigenvalue weighted by atomic mass is 9.93. The van der Waals surface area contributed by atoms with Crippen LogP contribution < -0.4 is 0 Å². The highest BCUT2D eigenvalue weighted by molar-refractivity contribution is 5.67. The third-order valence-electron chi connectivity index (χ3n) is 2.75. The van der Waals surface area contributed by atoms with Crippen molar-refractivity contribution in [1.29, 1.82) is 0 Å². The van der Waals surface area contributed by atoms with E-state index in [0.717, 1.165) is 32.5 Å². The minimum Gasteiger partial charge on any atom is -0.453 e. The van der Waals surface area contributed by atoms with Gasteiger partial charge in [-0.1, -0.05) is 0 Å². The number of hydrogen-bond donors (Lipinski definition) is 0. The molecule has 0 unspecified atom stereocenters. The number of ether oxygens (including phenoxy) is 2. The topological polar surface area (TPSA) is 38.8 Å². The summed E-state index contributed by atoms with van der Waals surface area (Å²) in [6.45, 7) is 6.28. The highest BCUT2D eigenvalue weighted by Crippen LogP contribution is 2.25. The van der Waals surface area contributed by atoms with E-state index < -0.39 is 0 Å². The summed E-state index contributed by atoms with van der Waals surface area (Å²) in [7, 11) is 1.42. The molecule has 0 bridgehead atoms. The number of methoxy groups -OCH3 is 1. The van der Waals surface area contributed by atoms with E-state index in [1.807, 2.05) is 6.92 Å². The molecule has 0 radical (unpaired) electrons. The molecule has 0 saturated carbocycles. The largest absolute Gasteiger partial charge is 0.453 e. The SMILES string of the molecule is CCOC1(C)CCN(C(=O)OC)CC1. The molecule has 1 amide bonds. The first-order valence-electron chi connectivity index (χ1n) is 5.08. The molecular weight excluding hydrogens is 182 g/mol. The quantitative estimate of drug-likeness (QED) is 0.681. The van der Waals surface area contributed by atoms with E-state index in [9.17, 15) is 4.79 Å². The molecule has 1 fully saturated rings. The van der Waals surface area contributed by atoms with Crippen molar-refractivity contribution >= 4 is 6.09 Å². The van der Waals surface area contributed by atoms with Crippen molar-refractivity contribution in [3.63, 3.8) is 0 Å². The maximum atomic E-state index is 11.2. The number of piperidine rings is 1. The first-order valence-corrected chi connectivity index (χ1v) is 5.08. The van der Waals surface area contributed by atoms with Gasteiger partial charge in [-0.3, -0.25) is 0 Å². The zero-order valence-corrected chi connectivity index (χ0v) is 9.21. The van der Waals surface area contributed by atoms with Gasteiger partial charge in [0.2, 0.25) is 0 Å². The third-order valence-corrected chi connectivity index (χ3v) is 2.75. The van der Waals surface area contributed by atoms with Gasteiger partial charge in [-0.2, -0.15) is 0 Å². The Kier molecular flexibility index (Phi) is 3.75. The molecule has 1 heterocycles. The van der Waals surface area contributed by atoms with Crippen molar-refractivity contribution < 1.29 is 14.3 Å². The lowest BCUT2D eigenvalue weighted by Crippen LogP contribution is -2.46. The van der Waals surface area contributed by atoms with Crippen LogP contribution in [0.25, 0.3) is 0 Å². The van der Waals surface area contributed by atoms with Gasteiger partial charge in [0.15, 0.2) is 0 Å². The Balaban J connectivity index is 2.41. The van der Waals surface area contributed by atoms with Crippen molar-refractivity contribution in [2.75, 3.05) is 26.8 Å². The molecule has 0 spiro atoms. The smallest absolute Gasteiger partial charge is 0.409 e. The number of likely N-dealkylation sites (tertiary alicyclic amines) is 1. The number of amides is 1. The number of hydrogen-bond acceptors (Lipinski definition) is 3. The standard InChI is InChI=1S/C10H19NO3/c1-4-14-10(2)5-7-11(8-6-10)9(12)13-3/h4-8H2,1-3H3. The zero-order valence-electron chi connectivity index (χ0n) is 9.21. The van der Waals surface area contributed by atoms with Gasteiger partial charge in [0.1, 0.15) is 0 Å². The lowest BCUT2D eigenvalue weighted by Gasteiger charge is -2.38. The molecule has 0 N–H and O–H groups in total. The average Bonchev–Trinajstić information content (AvgIpc) is 2.18. The van der Waals surface area contributed by atoms with Gasteiger partial charge in [0, 0.05) is 19.7 Å². The molecule has 0 aromatic carbocycles. The summed E-state index contributed by atoms with van der Waals surface area (Å²) in [4.78, 5) is 12.9. The second-order valence-electron chi connectivity index (χ2n) is 3.84. The molecule has 1 aliphatic heterocycles. The van der Waals surface area contributed by atoms with Gasteiger partial charge in [-0.15, -0.1) is 0 Å². The van der Waals surface area contributed by atoms with Crippen molar-refractivity contribution in [3.8, 4) is 0 Å². The summed E-state index contributed by atoms with van der Waals surface area (Å²) in [6.07, 6.45) is 1.54. The molecule has 1 aliphatic rings. The van der Waals surface area contributed by atoms with Gasteiger partial charge in [-0.05, 0) is 26.7 Å². The summed E-state index contributed by atoms with van der Waals surface area (Å²) in [6, 6.07) is 0. The number of carbonyl (C=O) groups excluding carboxylic acids is 1. The molecule has 14 heavy (non-hydrogen) atoms. The van der Waals surface area contributed by atoms with Crippen LogP contribution in [0, 0.1) is 0 Å². The zero-order chi connectivity index (χ0) is 10.6. The van der Waals surface area contributed by atoms with Crippen LogP contribution in [0.2, 0.25) is 0 Å². The van der Waals surface area contributed by atoms with E-state index in [2.05, 4.69) is 11.7 Å². The molecule has 1 rings (SSSR count). The Morgan fingerprint density at radius 2 is 2.00 bits per heavy atom. The van der Waals surface area contributed by atoms with Crippen LogP contribution in [-0.4, -0.2) is 43.4 Å². The molecule has 0 aliphatic carbocycles. The Labute approximate surface area is 85.2 Å². The molecule has 0 atom stereocenters. The van der Waals surface area contributed by atoms with Crippen LogP contribution in [0.5, 0.6) is 0 Å². The highest BCUT2D eigenvalue weighted by atomic mass is 16.5. The lowest BCUT2D eigenvalue weighted by molar-refractivity contribution is -0.0627. The summed E-state index contributed by atoms with van der Waals surface area (Å²) in [5.74, 6) is 0. The third kappa shape index (κ3) is 2.61. The molecule has 0 aromatic heterocycles.